The highest BCUT2D eigenvalue weighted by atomic mass is 16.5. The molecule has 1 amide bonds. The van der Waals surface area contributed by atoms with Gasteiger partial charge in [-0.1, -0.05) is 25.1 Å². The molecule has 0 aromatic heterocycles. The number of rotatable bonds is 6. The normalized spacial score (nSPS) is 18.4. The van der Waals surface area contributed by atoms with Gasteiger partial charge >= 0.3 is 0 Å². The van der Waals surface area contributed by atoms with Crippen LogP contribution in [-0.2, 0) is 11.2 Å². The fraction of sp³-hybridized carbons (Fsp3) is 0.435. The number of hydrogen-bond acceptors (Lipinski definition) is 4. The summed E-state index contributed by atoms with van der Waals surface area (Å²) in [6.45, 7) is 7.90. The summed E-state index contributed by atoms with van der Waals surface area (Å²) in [4.78, 5) is 12.9. The second-order valence-electron chi connectivity index (χ2n) is 7.75. The summed E-state index contributed by atoms with van der Waals surface area (Å²) in [5, 5.41) is 3.14. The summed E-state index contributed by atoms with van der Waals surface area (Å²) in [6.07, 6.45) is 0.913. The van der Waals surface area contributed by atoms with Crippen LogP contribution in [0.2, 0.25) is 0 Å². The van der Waals surface area contributed by atoms with Crippen LogP contribution in [0.1, 0.15) is 51.3 Å². The Kier molecular flexibility index (Phi) is 5.82. The van der Waals surface area contributed by atoms with Gasteiger partial charge in [0, 0.05) is 12.0 Å². The van der Waals surface area contributed by atoms with Gasteiger partial charge in [-0.15, -0.1) is 0 Å². The molecule has 28 heavy (non-hydrogen) atoms. The Bertz CT molecular complexity index is 846. The molecule has 3 rings (SSSR count). The molecule has 2 atom stereocenters. The zero-order valence-electron chi connectivity index (χ0n) is 17.2. The van der Waals surface area contributed by atoms with Crippen LogP contribution in [0.15, 0.2) is 42.5 Å². The molecule has 1 aliphatic heterocycles. The highest BCUT2D eigenvalue weighted by Gasteiger charge is 2.35. The maximum absolute atomic E-state index is 12.9. The van der Waals surface area contributed by atoms with Gasteiger partial charge in [0.15, 0.2) is 6.10 Å². The highest BCUT2D eigenvalue weighted by molar-refractivity contribution is 5.81. The van der Waals surface area contributed by atoms with Crippen LogP contribution >= 0.6 is 0 Å². The van der Waals surface area contributed by atoms with Gasteiger partial charge < -0.3 is 19.5 Å². The van der Waals surface area contributed by atoms with Crippen molar-refractivity contribution in [2.45, 2.75) is 58.3 Å². The first-order valence-electron chi connectivity index (χ1n) is 9.75. The number of benzene rings is 2. The SMILES string of the molecule is CCc1ccccc1O[C@@H](C)C(=O)N[C@@H]1CC(C)(C)Oc2ccc(OC)cc21. The number of methoxy groups -OCH3 is 1. The molecule has 0 aliphatic carbocycles. The summed E-state index contributed by atoms with van der Waals surface area (Å²) in [6, 6.07) is 13.3. The standard InChI is InChI=1S/C23H29NO4/c1-6-16-9-7-8-10-20(16)27-15(2)22(25)24-19-14-23(3,4)28-21-12-11-17(26-5)13-18(19)21/h7-13,15,19H,6,14H2,1-5H3,(H,24,25)/t15-,19+/m0/s1. The largest absolute Gasteiger partial charge is 0.497 e. The number of fused-ring (bicyclic) bond motifs is 1. The summed E-state index contributed by atoms with van der Waals surface area (Å²) in [5.74, 6) is 2.11. The third kappa shape index (κ3) is 4.41. The molecular weight excluding hydrogens is 354 g/mol. The monoisotopic (exact) mass is 383 g/mol. The Hall–Kier alpha value is -2.69. The van der Waals surface area contributed by atoms with Crippen molar-refractivity contribution >= 4 is 5.91 Å². The minimum atomic E-state index is -0.604. The zero-order chi connectivity index (χ0) is 20.3. The first kappa shape index (κ1) is 20.1. The lowest BCUT2D eigenvalue weighted by molar-refractivity contribution is -0.128. The molecule has 5 heteroatoms. The predicted molar refractivity (Wildman–Crippen MR) is 109 cm³/mol. The number of para-hydroxylation sites is 1. The molecular formula is C23H29NO4. The van der Waals surface area contributed by atoms with Gasteiger partial charge in [0.1, 0.15) is 22.8 Å². The third-order valence-electron chi connectivity index (χ3n) is 5.02. The summed E-state index contributed by atoms with van der Waals surface area (Å²) in [5.41, 5.74) is 1.64. The Balaban J connectivity index is 1.77. The highest BCUT2D eigenvalue weighted by Crippen LogP contribution is 2.41. The molecule has 1 aliphatic rings. The van der Waals surface area contributed by atoms with E-state index in [2.05, 4.69) is 12.2 Å². The van der Waals surface area contributed by atoms with Gasteiger partial charge in [-0.2, -0.15) is 0 Å². The van der Waals surface area contributed by atoms with E-state index >= 15 is 0 Å². The molecule has 2 aromatic carbocycles. The van der Waals surface area contributed by atoms with Crippen molar-refractivity contribution in [2.24, 2.45) is 0 Å². The van der Waals surface area contributed by atoms with E-state index in [9.17, 15) is 4.79 Å². The topological polar surface area (TPSA) is 56.8 Å². The van der Waals surface area contributed by atoms with E-state index in [1.54, 1.807) is 14.0 Å². The second kappa shape index (κ2) is 8.13. The van der Waals surface area contributed by atoms with Gasteiger partial charge in [0.2, 0.25) is 0 Å². The molecule has 1 N–H and O–H groups in total. The van der Waals surface area contributed by atoms with Crippen LogP contribution in [-0.4, -0.2) is 24.7 Å². The quantitative estimate of drug-likeness (QED) is 0.801. The van der Waals surface area contributed by atoms with E-state index in [4.69, 9.17) is 14.2 Å². The van der Waals surface area contributed by atoms with Crippen LogP contribution in [0.3, 0.4) is 0 Å². The third-order valence-corrected chi connectivity index (χ3v) is 5.02. The van der Waals surface area contributed by atoms with Crippen molar-refractivity contribution in [1.82, 2.24) is 5.32 Å². The lowest BCUT2D eigenvalue weighted by Gasteiger charge is -2.38. The fourth-order valence-corrected chi connectivity index (χ4v) is 3.53. The van der Waals surface area contributed by atoms with Crippen LogP contribution < -0.4 is 19.5 Å². The van der Waals surface area contributed by atoms with Crippen molar-refractivity contribution in [3.63, 3.8) is 0 Å². The Morgan fingerprint density at radius 3 is 2.75 bits per heavy atom. The number of nitrogens with one attached hydrogen (secondary N) is 1. The lowest BCUT2D eigenvalue weighted by atomic mass is 9.89. The van der Waals surface area contributed by atoms with E-state index in [0.717, 1.165) is 34.8 Å². The first-order chi connectivity index (χ1) is 13.3. The fourth-order valence-electron chi connectivity index (χ4n) is 3.53. The molecule has 0 bridgehead atoms. The smallest absolute Gasteiger partial charge is 0.261 e. The van der Waals surface area contributed by atoms with Crippen LogP contribution in [0, 0.1) is 0 Å². The average Bonchev–Trinajstić information content (AvgIpc) is 2.67. The second-order valence-corrected chi connectivity index (χ2v) is 7.75. The molecule has 5 nitrogen and oxygen atoms in total. The van der Waals surface area contributed by atoms with E-state index in [0.29, 0.717) is 6.42 Å². The molecule has 0 unspecified atom stereocenters. The average molecular weight is 383 g/mol. The van der Waals surface area contributed by atoms with Crippen LogP contribution in [0.25, 0.3) is 0 Å². The van der Waals surface area contributed by atoms with Crippen molar-refractivity contribution in [1.29, 1.82) is 0 Å². The number of hydrogen-bond donors (Lipinski definition) is 1. The lowest BCUT2D eigenvalue weighted by Crippen LogP contribution is -2.44. The molecule has 1 heterocycles. The number of aryl methyl sites for hydroxylation is 1. The molecule has 150 valence electrons. The molecule has 0 fully saturated rings. The number of carbonyl (C=O) groups is 1. The Morgan fingerprint density at radius 1 is 1.29 bits per heavy atom. The van der Waals surface area contributed by atoms with Gasteiger partial charge in [-0.25, -0.2) is 0 Å². The van der Waals surface area contributed by atoms with E-state index < -0.39 is 6.10 Å². The number of carbonyl (C=O) groups excluding carboxylic acids is 1. The van der Waals surface area contributed by atoms with Gasteiger partial charge in [0.25, 0.3) is 5.91 Å². The Morgan fingerprint density at radius 2 is 2.04 bits per heavy atom. The van der Waals surface area contributed by atoms with Crippen molar-refractivity contribution in [2.75, 3.05) is 7.11 Å². The van der Waals surface area contributed by atoms with E-state index in [1.165, 1.54) is 0 Å². The minimum absolute atomic E-state index is 0.151. The van der Waals surface area contributed by atoms with Gasteiger partial charge in [0.05, 0.1) is 13.2 Å². The van der Waals surface area contributed by atoms with Gasteiger partial charge in [-0.05, 0) is 57.0 Å². The van der Waals surface area contributed by atoms with E-state index in [-0.39, 0.29) is 17.6 Å². The molecule has 0 saturated heterocycles. The van der Waals surface area contributed by atoms with Crippen molar-refractivity contribution in [3.8, 4) is 17.2 Å². The van der Waals surface area contributed by atoms with Gasteiger partial charge in [-0.3, -0.25) is 4.79 Å². The maximum Gasteiger partial charge on any atom is 0.261 e. The number of ether oxygens (including phenoxy) is 3. The summed E-state index contributed by atoms with van der Waals surface area (Å²) >= 11 is 0. The summed E-state index contributed by atoms with van der Waals surface area (Å²) in [7, 11) is 1.63. The van der Waals surface area contributed by atoms with Crippen LogP contribution in [0.5, 0.6) is 17.2 Å². The minimum Gasteiger partial charge on any atom is -0.497 e. The molecule has 0 saturated carbocycles. The zero-order valence-corrected chi connectivity index (χ0v) is 17.2. The predicted octanol–water partition coefficient (Wildman–Crippen LogP) is 4.44. The van der Waals surface area contributed by atoms with E-state index in [1.807, 2.05) is 56.3 Å². The van der Waals surface area contributed by atoms with Crippen LogP contribution in [0.4, 0.5) is 0 Å². The molecule has 0 radical (unpaired) electrons. The van der Waals surface area contributed by atoms with Crippen molar-refractivity contribution < 1.29 is 19.0 Å². The molecule has 0 spiro atoms. The number of amides is 1. The Labute approximate surface area is 167 Å². The first-order valence-corrected chi connectivity index (χ1v) is 9.75. The molecule has 2 aromatic rings. The maximum atomic E-state index is 12.9. The van der Waals surface area contributed by atoms with Crippen molar-refractivity contribution in [3.05, 3.63) is 53.6 Å². The summed E-state index contributed by atoms with van der Waals surface area (Å²) < 4.78 is 17.4.